The van der Waals surface area contributed by atoms with Crippen molar-refractivity contribution in [2.45, 2.75) is 6.92 Å². The molecule has 0 saturated carbocycles. The van der Waals surface area contributed by atoms with Crippen LogP contribution in [0, 0.1) is 6.92 Å². The quantitative estimate of drug-likeness (QED) is 0.851. The van der Waals surface area contributed by atoms with E-state index in [1.54, 1.807) is 27.4 Å². The second-order valence-electron chi connectivity index (χ2n) is 4.84. The molecule has 4 heteroatoms. The minimum atomic E-state index is 0.284. The largest absolute Gasteiger partial charge is 0.508 e. The maximum absolute atomic E-state index is 9.74. The van der Waals surface area contributed by atoms with E-state index in [-0.39, 0.29) is 5.75 Å². The molecule has 0 aliphatic rings. The summed E-state index contributed by atoms with van der Waals surface area (Å²) in [6.45, 7) is 1.86. The van der Waals surface area contributed by atoms with Crippen LogP contribution in [0.5, 0.6) is 23.0 Å². The smallest absolute Gasteiger partial charge is 0.203 e. The van der Waals surface area contributed by atoms with Crippen LogP contribution in [0.2, 0.25) is 0 Å². The van der Waals surface area contributed by atoms with E-state index in [1.165, 1.54) is 0 Å². The van der Waals surface area contributed by atoms with E-state index in [0.717, 1.165) is 16.7 Å². The maximum Gasteiger partial charge on any atom is 0.203 e. The Morgan fingerprint density at radius 1 is 0.818 bits per heavy atom. The highest BCUT2D eigenvalue weighted by atomic mass is 16.5. The third-order valence-electron chi connectivity index (χ3n) is 3.39. The van der Waals surface area contributed by atoms with Gasteiger partial charge in [-0.15, -0.1) is 0 Å². The molecule has 0 aliphatic heterocycles. The van der Waals surface area contributed by atoms with Crippen molar-refractivity contribution in [1.82, 2.24) is 0 Å². The van der Waals surface area contributed by atoms with Crippen LogP contribution < -0.4 is 14.2 Å². The van der Waals surface area contributed by atoms with Crippen molar-refractivity contribution in [2.24, 2.45) is 0 Å². The van der Waals surface area contributed by atoms with E-state index < -0.39 is 0 Å². The number of benzene rings is 2. The molecule has 0 amide bonds. The van der Waals surface area contributed by atoms with Gasteiger partial charge >= 0.3 is 0 Å². The van der Waals surface area contributed by atoms with Crippen molar-refractivity contribution < 1.29 is 19.3 Å². The van der Waals surface area contributed by atoms with Gasteiger partial charge < -0.3 is 19.3 Å². The van der Waals surface area contributed by atoms with Gasteiger partial charge in [-0.3, -0.25) is 0 Å². The van der Waals surface area contributed by atoms with E-state index in [0.29, 0.717) is 17.2 Å². The molecule has 0 unspecified atom stereocenters. The highest BCUT2D eigenvalue weighted by Gasteiger charge is 2.11. The molecular weight excluding hydrogens is 280 g/mol. The van der Waals surface area contributed by atoms with Gasteiger partial charge in [0.15, 0.2) is 11.5 Å². The number of methoxy groups -OCH3 is 3. The summed E-state index contributed by atoms with van der Waals surface area (Å²) >= 11 is 0. The summed E-state index contributed by atoms with van der Waals surface area (Å²) in [6.07, 6.45) is 3.84. The van der Waals surface area contributed by atoms with Gasteiger partial charge in [-0.25, -0.2) is 0 Å². The van der Waals surface area contributed by atoms with Crippen LogP contribution in [0.15, 0.2) is 30.3 Å². The molecule has 2 aromatic rings. The Hall–Kier alpha value is -2.62. The van der Waals surface area contributed by atoms with Crippen LogP contribution in [0.25, 0.3) is 12.2 Å². The predicted octanol–water partition coefficient (Wildman–Crippen LogP) is 3.90. The highest BCUT2D eigenvalue weighted by Crippen LogP contribution is 2.38. The number of phenolic OH excluding ortho intramolecular Hbond substituents is 1. The van der Waals surface area contributed by atoms with Gasteiger partial charge in [0.25, 0.3) is 0 Å². The first-order valence-electron chi connectivity index (χ1n) is 6.86. The van der Waals surface area contributed by atoms with Crippen molar-refractivity contribution in [3.8, 4) is 23.0 Å². The molecule has 0 aliphatic carbocycles. The Kier molecular flexibility index (Phi) is 4.94. The standard InChI is InChI=1S/C18H20O4/c1-12-5-6-13(9-15(12)19)7-8-14-10-16(20-2)18(22-4)17(11-14)21-3/h5-11,19H,1-4H3. The van der Waals surface area contributed by atoms with Gasteiger partial charge in [-0.2, -0.15) is 0 Å². The molecule has 0 fully saturated rings. The third-order valence-corrected chi connectivity index (χ3v) is 3.39. The number of hydrogen-bond acceptors (Lipinski definition) is 4. The molecule has 2 aromatic carbocycles. The van der Waals surface area contributed by atoms with Crippen LogP contribution in [0.4, 0.5) is 0 Å². The van der Waals surface area contributed by atoms with Gasteiger partial charge in [0.05, 0.1) is 21.3 Å². The molecule has 2 rings (SSSR count). The Balaban J connectivity index is 2.36. The van der Waals surface area contributed by atoms with Crippen LogP contribution in [0.3, 0.4) is 0 Å². The Bertz CT molecular complexity index is 664. The lowest BCUT2D eigenvalue weighted by Gasteiger charge is -2.12. The zero-order chi connectivity index (χ0) is 16.1. The molecule has 0 spiro atoms. The first-order chi connectivity index (χ1) is 10.6. The van der Waals surface area contributed by atoms with Crippen molar-refractivity contribution in [3.63, 3.8) is 0 Å². The number of ether oxygens (including phenoxy) is 3. The molecule has 0 saturated heterocycles. The number of aromatic hydroxyl groups is 1. The van der Waals surface area contributed by atoms with Crippen molar-refractivity contribution in [2.75, 3.05) is 21.3 Å². The molecule has 0 heterocycles. The lowest BCUT2D eigenvalue weighted by molar-refractivity contribution is 0.324. The van der Waals surface area contributed by atoms with E-state index in [1.807, 2.05) is 43.3 Å². The normalized spacial score (nSPS) is 10.7. The first-order valence-corrected chi connectivity index (χ1v) is 6.86. The van der Waals surface area contributed by atoms with Gasteiger partial charge in [0, 0.05) is 0 Å². The molecule has 116 valence electrons. The molecule has 1 N–H and O–H groups in total. The maximum atomic E-state index is 9.74. The number of hydrogen-bond donors (Lipinski definition) is 1. The molecule has 4 nitrogen and oxygen atoms in total. The third kappa shape index (κ3) is 3.34. The van der Waals surface area contributed by atoms with Crippen LogP contribution >= 0.6 is 0 Å². The number of rotatable bonds is 5. The predicted molar refractivity (Wildman–Crippen MR) is 87.9 cm³/mol. The van der Waals surface area contributed by atoms with Crippen molar-refractivity contribution in [1.29, 1.82) is 0 Å². The Morgan fingerprint density at radius 3 is 1.91 bits per heavy atom. The topological polar surface area (TPSA) is 47.9 Å². The van der Waals surface area contributed by atoms with Crippen LogP contribution in [-0.4, -0.2) is 26.4 Å². The second kappa shape index (κ2) is 6.89. The summed E-state index contributed by atoms with van der Waals surface area (Å²) in [5.41, 5.74) is 2.68. The lowest BCUT2D eigenvalue weighted by atomic mass is 10.1. The second-order valence-corrected chi connectivity index (χ2v) is 4.84. The average molecular weight is 300 g/mol. The Morgan fingerprint density at radius 2 is 1.41 bits per heavy atom. The fourth-order valence-electron chi connectivity index (χ4n) is 2.12. The Labute approximate surface area is 130 Å². The summed E-state index contributed by atoms with van der Waals surface area (Å²) in [6, 6.07) is 9.29. The first kappa shape index (κ1) is 15.8. The van der Waals surface area contributed by atoms with Crippen molar-refractivity contribution in [3.05, 3.63) is 47.0 Å². The minimum Gasteiger partial charge on any atom is -0.508 e. The number of aryl methyl sites for hydroxylation is 1. The summed E-state index contributed by atoms with van der Waals surface area (Å²) in [5, 5.41) is 9.74. The minimum absolute atomic E-state index is 0.284. The van der Waals surface area contributed by atoms with E-state index >= 15 is 0 Å². The van der Waals surface area contributed by atoms with Crippen molar-refractivity contribution >= 4 is 12.2 Å². The van der Waals surface area contributed by atoms with E-state index in [2.05, 4.69) is 0 Å². The molecule has 0 radical (unpaired) electrons. The summed E-state index contributed by atoms with van der Waals surface area (Å²) < 4.78 is 16.0. The van der Waals surface area contributed by atoms with Gasteiger partial charge in [-0.05, 0) is 41.8 Å². The number of phenols is 1. The van der Waals surface area contributed by atoms with Gasteiger partial charge in [-0.1, -0.05) is 24.3 Å². The van der Waals surface area contributed by atoms with Gasteiger partial charge in [0.1, 0.15) is 5.75 Å². The van der Waals surface area contributed by atoms with Gasteiger partial charge in [0.2, 0.25) is 5.75 Å². The fraction of sp³-hybridized carbons (Fsp3) is 0.222. The molecular formula is C18H20O4. The monoisotopic (exact) mass is 300 g/mol. The molecule has 22 heavy (non-hydrogen) atoms. The van der Waals surface area contributed by atoms with E-state index in [4.69, 9.17) is 14.2 Å². The molecule has 0 bridgehead atoms. The summed E-state index contributed by atoms with van der Waals surface area (Å²) in [7, 11) is 4.75. The van der Waals surface area contributed by atoms with Crippen LogP contribution in [0.1, 0.15) is 16.7 Å². The summed E-state index contributed by atoms with van der Waals surface area (Å²) in [5.74, 6) is 2.06. The highest BCUT2D eigenvalue weighted by molar-refractivity contribution is 5.73. The molecule has 0 aromatic heterocycles. The zero-order valence-electron chi connectivity index (χ0n) is 13.2. The molecule has 0 atom stereocenters. The lowest BCUT2D eigenvalue weighted by Crippen LogP contribution is -1.95. The fourth-order valence-corrected chi connectivity index (χ4v) is 2.12. The summed E-state index contributed by atoms with van der Waals surface area (Å²) in [4.78, 5) is 0. The van der Waals surface area contributed by atoms with Crippen LogP contribution in [-0.2, 0) is 0 Å². The SMILES string of the molecule is COc1cc(C=Cc2ccc(C)c(O)c2)cc(OC)c1OC. The van der Waals surface area contributed by atoms with E-state index in [9.17, 15) is 5.11 Å². The average Bonchev–Trinajstić information content (AvgIpc) is 2.54. The zero-order valence-corrected chi connectivity index (χ0v) is 13.2.